The Morgan fingerprint density at radius 3 is 2.21 bits per heavy atom. The van der Waals surface area contributed by atoms with Crippen LogP contribution in [0.15, 0.2) is 46.2 Å². The van der Waals surface area contributed by atoms with Gasteiger partial charge < -0.3 is 14.8 Å². The molecule has 2 aromatic rings. The second-order valence-electron chi connectivity index (χ2n) is 6.44. The van der Waals surface area contributed by atoms with E-state index in [9.17, 15) is 16.8 Å². The molecular formula is C18H23N3O6S2. The van der Waals surface area contributed by atoms with Crippen LogP contribution in [0.1, 0.15) is 6.92 Å². The van der Waals surface area contributed by atoms with Crippen molar-refractivity contribution in [2.24, 2.45) is 0 Å². The van der Waals surface area contributed by atoms with Gasteiger partial charge in [-0.3, -0.25) is 4.72 Å². The number of sulfonamides is 2. The van der Waals surface area contributed by atoms with E-state index < -0.39 is 20.0 Å². The zero-order chi connectivity index (χ0) is 21.2. The van der Waals surface area contributed by atoms with Crippen molar-refractivity contribution in [3.63, 3.8) is 0 Å². The monoisotopic (exact) mass is 441 g/mol. The van der Waals surface area contributed by atoms with E-state index in [1.54, 1.807) is 0 Å². The normalized spacial score (nSPS) is 13.9. The van der Waals surface area contributed by atoms with Gasteiger partial charge in [-0.25, -0.2) is 21.1 Å². The van der Waals surface area contributed by atoms with Crippen molar-refractivity contribution >= 4 is 31.4 Å². The Morgan fingerprint density at radius 2 is 1.55 bits per heavy atom. The first-order chi connectivity index (χ1) is 13.6. The summed E-state index contributed by atoms with van der Waals surface area (Å²) in [4.78, 5) is -0.0471. The van der Waals surface area contributed by atoms with Crippen LogP contribution < -0.4 is 19.5 Å². The summed E-state index contributed by atoms with van der Waals surface area (Å²) < 4.78 is 65.2. The topological polar surface area (TPSA) is 114 Å². The molecule has 0 aliphatic carbocycles. The van der Waals surface area contributed by atoms with Crippen LogP contribution in [-0.2, 0) is 20.0 Å². The molecule has 0 amide bonds. The molecule has 0 saturated carbocycles. The van der Waals surface area contributed by atoms with E-state index in [0.29, 0.717) is 36.9 Å². The smallest absolute Gasteiger partial charge is 0.262 e. The lowest BCUT2D eigenvalue weighted by molar-refractivity contribution is 0.171. The van der Waals surface area contributed by atoms with Crippen molar-refractivity contribution in [2.75, 3.05) is 43.9 Å². The second kappa shape index (κ2) is 8.09. The summed E-state index contributed by atoms with van der Waals surface area (Å²) in [6.45, 7) is 3.11. The summed E-state index contributed by atoms with van der Waals surface area (Å²) in [5.74, 6) is 0.817. The summed E-state index contributed by atoms with van der Waals surface area (Å²) in [6.07, 6.45) is 0. The van der Waals surface area contributed by atoms with Gasteiger partial charge in [0.05, 0.1) is 21.2 Å². The Bertz CT molecular complexity index is 1110. The highest BCUT2D eigenvalue weighted by Gasteiger charge is 2.23. The fourth-order valence-corrected chi connectivity index (χ4v) is 4.73. The maximum atomic E-state index is 12.9. The molecule has 0 fully saturated rings. The molecule has 158 valence electrons. The molecule has 0 atom stereocenters. The molecule has 0 radical (unpaired) electrons. The molecule has 0 spiro atoms. The van der Waals surface area contributed by atoms with Crippen LogP contribution in [0.2, 0.25) is 0 Å². The lowest BCUT2D eigenvalue weighted by atomic mass is 10.2. The van der Waals surface area contributed by atoms with Crippen molar-refractivity contribution in [3.8, 4) is 11.5 Å². The number of nitrogens with zero attached hydrogens (tertiary/aromatic N) is 1. The first-order valence-electron chi connectivity index (χ1n) is 8.88. The van der Waals surface area contributed by atoms with Crippen LogP contribution in [0.4, 0.5) is 11.4 Å². The molecule has 0 saturated heterocycles. The fraction of sp³-hybridized carbons (Fsp3) is 0.333. The first kappa shape index (κ1) is 21.2. The molecule has 2 aromatic carbocycles. The number of nitrogens with one attached hydrogen (secondary N) is 2. The standard InChI is InChI=1S/C18H23N3O6S2/c1-4-19-15-7-5-14(29(24,25)21(2)3)11-16(15)20-28(22,23)13-6-8-17-18(12-13)27-10-9-26-17/h5-8,11-12,19-20H,4,9-10H2,1-3H3. The van der Waals surface area contributed by atoms with Crippen LogP contribution in [-0.4, -0.2) is 55.0 Å². The van der Waals surface area contributed by atoms with E-state index in [-0.39, 0.29) is 15.5 Å². The third kappa shape index (κ3) is 4.41. The number of rotatable bonds is 7. The van der Waals surface area contributed by atoms with E-state index in [0.717, 1.165) is 4.31 Å². The van der Waals surface area contributed by atoms with Gasteiger partial charge in [-0.2, -0.15) is 0 Å². The van der Waals surface area contributed by atoms with Gasteiger partial charge in [0.2, 0.25) is 10.0 Å². The Labute approximate surface area is 170 Å². The lowest BCUT2D eigenvalue weighted by Gasteiger charge is -2.20. The van der Waals surface area contributed by atoms with Gasteiger partial charge in [-0.15, -0.1) is 0 Å². The molecule has 0 bridgehead atoms. The predicted octanol–water partition coefficient (Wildman–Crippen LogP) is 1.94. The molecule has 29 heavy (non-hydrogen) atoms. The van der Waals surface area contributed by atoms with E-state index in [1.165, 1.54) is 50.5 Å². The Balaban J connectivity index is 2.01. The van der Waals surface area contributed by atoms with Crippen molar-refractivity contribution < 1.29 is 26.3 Å². The van der Waals surface area contributed by atoms with Crippen LogP contribution in [0.5, 0.6) is 11.5 Å². The van der Waals surface area contributed by atoms with Crippen molar-refractivity contribution in [1.29, 1.82) is 0 Å². The average Bonchev–Trinajstić information content (AvgIpc) is 2.68. The lowest BCUT2D eigenvalue weighted by Crippen LogP contribution is -2.23. The third-order valence-corrected chi connectivity index (χ3v) is 7.38. The van der Waals surface area contributed by atoms with Crippen LogP contribution in [0.25, 0.3) is 0 Å². The minimum atomic E-state index is -4.00. The van der Waals surface area contributed by atoms with Gasteiger partial charge in [-0.05, 0) is 37.3 Å². The molecule has 11 heteroatoms. The van der Waals surface area contributed by atoms with Gasteiger partial charge in [0.25, 0.3) is 10.0 Å². The van der Waals surface area contributed by atoms with Crippen LogP contribution >= 0.6 is 0 Å². The van der Waals surface area contributed by atoms with Crippen molar-refractivity contribution in [1.82, 2.24) is 4.31 Å². The minimum absolute atomic E-state index is 0.0231. The van der Waals surface area contributed by atoms with E-state index in [4.69, 9.17) is 9.47 Å². The molecule has 1 aliphatic rings. The highest BCUT2D eigenvalue weighted by atomic mass is 32.2. The number of hydrogen-bond acceptors (Lipinski definition) is 7. The third-order valence-electron chi connectivity index (χ3n) is 4.21. The number of ether oxygens (including phenoxy) is 2. The Hall–Kier alpha value is -2.50. The highest BCUT2D eigenvalue weighted by molar-refractivity contribution is 7.92. The molecule has 1 aliphatic heterocycles. The quantitative estimate of drug-likeness (QED) is 0.675. The highest BCUT2D eigenvalue weighted by Crippen LogP contribution is 2.34. The zero-order valence-corrected chi connectivity index (χ0v) is 17.9. The second-order valence-corrected chi connectivity index (χ2v) is 10.3. The summed E-state index contributed by atoms with van der Waals surface area (Å²) in [7, 11) is -4.91. The van der Waals surface area contributed by atoms with E-state index in [2.05, 4.69) is 10.0 Å². The molecule has 3 rings (SSSR count). The number of anilines is 2. The molecule has 0 aromatic heterocycles. The average molecular weight is 442 g/mol. The molecule has 2 N–H and O–H groups in total. The Kier molecular flexibility index (Phi) is 5.92. The van der Waals surface area contributed by atoms with Crippen molar-refractivity contribution in [3.05, 3.63) is 36.4 Å². The maximum absolute atomic E-state index is 12.9. The number of benzene rings is 2. The van der Waals surface area contributed by atoms with E-state index in [1.807, 2.05) is 6.92 Å². The van der Waals surface area contributed by atoms with Gasteiger partial charge in [0.15, 0.2) is 11.5 Å². The summed E-state index contributed by atoms with van der Waals surface area (Å²) >= 11 is 0. The predicted molar refractivity (Wildman–Crippen MR) is 110 cm³/mol. The zero-order valence-electron chi connectivity index (χ0n) is 16.3. The summed E-state index contributed by atoms with van der Waals surface area (Å²) in [5.41, 5.74) is 0.594. The molecule has 0 unspecified atom stereocenters. The summed E-state index contributed by atoms with van der Waals surface area (Å²) in [5, 5.41) is 3.03. The van der Waals surface area contributed by atoms with Gasteiger partial charge in [0, 0.05) is 26.7 Å². The number of fused-ring (bicyclic) bond motifs is 1. The molecular weight excluding hydrogens is 418 g/mol. The van der Waals surface area contributed by atoms with E-state index >= 15 is 0 Å². The molecule has 9 nitrogen and oxygen atoms in total. The van der Waals surface area contributed by atoms with Crippen LogP contribution in [0, 0.1) is 0 Å². The SMILES string of the molecule is CCNc1ccc(S(=O)(=O)N(C)C)cc1NS(=O)(=O)c1ccc2c(c1)OCCO2. The molecule has 1 heterocycles. The van der Waals surface area contributed by atoms with Crippen molar-refractivity contribution in [2.45, 2.75) is 16.7 Å². The van der Waals surface area contributed by atoms with Gasteiger partial charge in [0.1, 0.15) is 13.2 Å². The minimum Gasteiger partial charge on any atom is -0.486 e. The van der Waals surface area contributed by atoms with Gasteiger partial charge >= 0.3 is 0 Å². The number of hydrogen-bond donors (Lipinski definition) is 2. The summed E-state index contributed by atoms with van der Waals surface area (Å²) in [6, 6.07) is 8.56. The maximum Gasteiger partial charge on any atom is 0.262 e. The van der Waals surface area contributed by atoms with Crippen LogP contribution in [0.3, 0.4) is 0 Å². The first-order valence-corrected chi connectivity index (χ1v) is 11.8. The Morgan fingerprint density at radius 1 is 0.897 bits per heavy atom. The van der Waals surface area contributed by atoms with Gasteiger partial charge in [-0.1, -0.05) is 0 Å². The fourth-order valence-electron chi connectivity index (χ4n) is 2.72. The largest absolute Gasteiger partial charge is 0.486 e.